The summed E-state index contributed by atoms with van der Waals surface area (Å²) in [5.74, 6) is -1.61. The Kier molecular flexibility index (Phi) is 62.0. The molecule has 18 heteroatoms. The molecule has 5 atom stereocenters. The summed E-state index contributed by atoms with van der Waals surface area (Å²) in [5, 5.41) is 20.5. The minimum atomic E-state index is -4.93. The molecule has 514 valence electrons. The van der Waals surface area contributed by atoms with E-state index in [1.807, 2.05) is 0 Å². The number of unbranched alkanes of at least 4 members (excludes halogenated alkanes) is 26. The second-order valence-corrected chi connectivity index (χ2v) is 25.8. The van der Waals surface area contributed by atoms with Crippen molar-refractivity contribution in [3.63, 3.8) is 0 Å². The molecule has 0 fully saturated rings. The van der Waals surface area contributed by atoms with E-state index in [-0.39, 0.29) is 19.3 Å². The SMILES string of the molecule is CC/C=C\C/C=C\C/C=C\C/C=C\C/C=C\CCCCCCCCCC(=O)OCC(O)COP(=O)(O)OCC(O)COP(=O)(O)OCC(COC(=O)CCCCCCC/C=C\C/C=C\CCCCC)OC(=O)CCCCCCC/C=C\CCCCCCCC. The average molecular weight is 1300 g/mol. The number of aliphatic hydroxyl groups excluding tert-OH is 2. The van der Waals surface area contributed by atoms with E-state index in [4.69, 9.17) is 32.3 Å². The van der Waals surface area contributed by atoms with Gasteiger partial charge in [0.25, 0.3) is 0 Å². The lowest BCUT2D eigenvalue weighted by atomic mass is 10.1. The van der Waals surface area contributed by atoms with Crippen LogP contribution >= 0.6 is 15.6 Å². The van der Waals surface area contributed by atoms with Crippen LogP contribution in [0.25, 0.3) is 0 Å². The lowest BCUT2D eigenvalue weighted by molar-refractivity contribution is -0.161. The molecule has 0 spiro atoms. The number of hydrogen-bond donors (Lipinski definition) is 4. The summed E-state index contributed by atoms with van der Waals surface area (Å²) in [6, 6.07) is 0. The van der Waals surface area contributed by atoms with Gasteiger partial charge in [-0.2, -0.15) is 0 Å². The molecule has 0 bridgehead atoms. The Labute approximate surface area is 539 Å². The predicted molar refractivity (Wildman–Crippen MR) is 362 cm³/mol. The number of allylic oxidation sites excluding steroid dienone is 16. The van der Waals surface area contributed by atoms with Crippen LogP contribution in [0.5, 0.6) is 0 Å². The molecule has 0 aromatic rings. The highest BCUT2D eigenvalue weighted by molar-refractivity contribution is 7.47. The van der Waals surface area contributed by atoms with Crippen LogP contribution < -0.4 is 0 Å². The van der Waals surface area contributed by atoms with Crippen molar-refractivity contribution in [2.75, 3.05) is 39.6 Å². The fraction of sp³-hybridized carbons (Fsp3) is 0.732. The molecule has 16 nitrogen and oxygen atoms in total. The highest BCUT2D eigenvalue weighted by Gasteiger charge is 2.29. The summed E-state index contributed by atoms with van der Waals surface area (Å²) >= 11 is 0. The highest BCUT2D eigenvalue weighted by Crippen LogP contribution is 2.45. The smallest absolute Gasteiger partial charge is 0.463 e. The van der Waals surface area contributed by atoms with Gasteiger partial charge in [0.1, 0.15) is 25.4 Å². The van der Waals surface area contributed by atoms with Crippen molar-refractivity contribution < 1.29 is 75.8 Å². The van der Waals surface area contributed by atoms with Crippen molar-refractivity contribution in [2.45, 2.75) is 296 Å². The van der Waals surface area contributed by atoms with E-state index >= 15 is 0 Å². The van der Waals surface area contributed by atoms with Gasteiger partial charge in [-0.05, 0) is 122 Å². The molecule has 0 rings (SSSR count). The van der Waals surface area contributed by atoms with Crippen LogP contribution in [-0.2, 0) is 55.8 Å². The Bertz CT molecular complexity index is 2010. The minimum Gasteiger partial charge on any atom is -0.463 e. The Morgan fingerprint density at radius 3 is 0.978 bits per heavy atom. The molecule has 0 aliphatic heterocycles. The second kappa shape index (κ2) is 64.6. The summed E-state index contributed by atoms with van der Waals surface area (Å²) in [4.78, 5) is 58.4. The zero-order valence-electron chi connectivity index (χ0n) is 55.6. The van der Waals surface area contributed by atoms with Crippen molar-refractivity contribution in [2.24, 2.45) is 0 Å². The van der Waals surface area contributed by atoms with Gasteiger partial charge in [-0.3, -0.25) is 32.5 Å². The number of phosphoric ester groups is 2. The Balaban J connectivity index is 4.62. The Morgan fingerprint density at radius 1 is 0.326 bits per heavy atom. The molecule has 0 saturated heterocycles. The molecule has 4 N–H and O–H groups in total. The third kappa shape index (κ3) is 65.8. The van der Waals surface area contributed by atoms with Gasteiger partial charge in [-0.15, -0.1) is 0 Å². The minimum absolute atomic E-state index is 0.0917. The maximum atomic E-state index is 12.9. The van der Waals surface area contributed by atoms with Crippen LogP contribution in [0.4, 0.5) is 0 Å². The van der Waals surface area contributed by atoms with E-state index in [1.54, 1.807) is 0 Å². The molecule has 0 heterocycles. The average Bonchev–Trinajstić information content (AvgIpc) is 3.65. The van der Waals surface area contributed by atoms with Gasteiger partial charge >= 0.3 is 33.6 Å². The van der Waals surface area contributed by atoms with E-state index in [1.165, 1.54) is 57.8 Å². The molecular formula is C71H124O16P2. The molecule has 0 saturated carbocycles. The molecule has 0 aromatic heterocycles. The van der Waals surface area contributed by atoms with Crippen LogP contribution in [-0.4, -0.2) is 95.9 Å². The van der Waals surface area contributed by atoms with Gasteiger partial charge in [0.05, 0.1) is 26.4 Å². The van der Waals surface area contributed by atoms with Gasteiger partial charge in [0.15, 0.2) is 6.10 Å². The van der Waals surface area contributed by atoms with Gasteiger partial charge < -0.3 is 34.2 Å². The standard InChI is InChI=1S/C71H124O16P2/c1-4-7-10-13-16-19-22-25-28-29-30-31-32-33-34-35-38-40-42-45-48-51-54-57-69(74)81-60-66(72)61-83-88(77,78)84-62-67(73)63-85-89(79,80)86-65-68(87-71(76)59-56-53-50-47-44-41-37-27-24-21-18-15-12-9-6-3)64-82-70(75)58-55-52-49-46-43-39-36-26-23-20-17-14-11-8-5-2/h7,10,16-17,19-20,25-28,30-31,33-34,36-37,66-68,72-73H,4-6,8-9,11-15,18,21-24,29,32,35,38-65H2,1-3H3,(H,77,78)(H,79,80)/b10-7-,19-16-,20-17-,28-25-,31-30-,34-33-,36-26-,37-27-. The first-order valence-corrected chi connectivity index (χ1v) is 37.5. The third-order valence-corrected chi connectivity index (χ3v) is 16.2. The fourth-order valence-electron chi connectivity index (χ4n) is 8.97. The number of phosphoric acid groups is 2. The van der Waals surface area contributed by atoms with Crippen molar-refractivity contribution in [1.82, 2.24) is 0 Å². The molecule has 5 unspecified atom stereocenters. The van der Waals surface area contributed by atoms with Crippen molar-refractivity contribution >= 4 is 33.6 Å². The van der Waals surface area contributed by atoms with Crippen molar-refractivity contribution in [1.29, 1.82) is 0 Å². The maximum Gasteiger partial charge on any atom is 0.472 e. The lowest BCUT2D eigenvalue weighted by Gasteiger charge is -2.21. The number of esters is 3. The monoisotopic (exact) mass is 1290 g/mol. The first-order valence-electron chi connectivity index (χ1n) is 34.5. The summed E-state index contributed by atoms with van der Waals surface area (Å²) in [7, 11) is -9.78. The number of rotatable bonds is 65. The molecule has 0 aliphatic carbocycles. The van der Waals surface area contributed by atoms with E-state index in [2.05, 4.69) is 118 Å². The Hall–Kier alpha value is -3.53. The van der Waals surface area contributed by atoms with E-state index in [9.17, 15) is 43.5 Å². The van der Waals surface area contributed by atoms with E-state index in [0.717, 1.165) is 161 Å². The third-order valence-electron chi connectivity index (χ3n) is 14.3. The van der Waals surface area contributed by atoms with Crippen LogP contribution in [0.15, 0.2) is 97.2 Å². The van der Waals surface area contributed by atoms with Crippen LogP contribution in [0.2, 0.25) is 0 Å². The highest BCUT2D eigenvalue weighted by atomic mass is 31.2. The van der Waals surface area contributed by atoms with Gasteiger partial charge in [0.2, 0.25) is 0 Å². The number of carbonyl (C=O) groups excluding carboxylic acids is 3. The molecule has 0 aromatic carbocycles. The summed E-state index contributed by atoms with van der Waals surface area (Å²) < 4.78 is 60.9. The van der Waals surface area contributed by atoms with Crippen LogP contribution in [0.1, 0.15) is 278 Å². The maximum absolute atomic E-state index is 12.9. The quantitative estimate of drug-likeness (QED) is 0.0146. The largest absolute Gasteiger partial charge is 0.472 e. The molecule has 0 aliphatic rings. The van der Waals surface area contributed by atoms with Gasteiger partial charge in [0, 0.05) is 19.3 Å². The number of carbonyl (C=O) groups is 3. The zero-order chi connectivity index (χ0) is 65.3. The lowest BCUT2D eigenvalue weighted by Crippen LogP contribution is -2.30. The number of aliphatic hydroxyl groups is 2. The zero-order valence-corrected chi connectivity index (χ0v) is 57.4. The second-order valence-electron chi connectivity index (χ2n) is 22.9. The van der Waals surface area contributed by atoms with Crippen molar-refractivity contribution in [3.8, 4) is 0 Å². The predicted octanol–water partition coefficient (Wildman–Crippen LogP) is 19.1. The van der Waals surface area contributed by atoms with Crippen LogP contribution in [0, 0.1) is 0 Å². The molecule has 89 heavy (non-hydrogen) atoms. The van der Waals surface area contributed by atoms with E-state index < -0.39 is 91.5 Å². The number of hydrogen-bond acceptors (Lipinski definition) is 14. The summed E-state index contributed by atoms with van der Waals surface area (Å²) in [6.45, 7) is 2.49. The fourth-order valence-corrected chi connectivity index (χ4v) is 10.6. The van der Waals surface area contributed by atoms with Crippen molar-refractivity contribution in [3.05, 3.63) is 97.2 Å². The molecule has 0 amide bonds. The van der Waals surface area contributed by atoms with Gasteiger partial charge in [-0.25, -0.2) is 9.13 Å². The van der Waals surface area contributed by atoms with Gasteiger partial charge in [-0.1, -0.05) is 234 Å². The topological polar surface area (TPSA) is 231 Å². The number of ether oxygens (including phenoxy) is 3. The summed E-state index contributed by atoms with van der Waals surface area (Å²) in [6.07, 6.45) is 70.2. The van der Waals surface area contributed by atoms with E-state index in [0.29, 0.717) is 19.3 Å². The Morgan fingerprint density at radius 2 is 0.596 bits per heavy atom. The first-order chi connectivity index (χ1) is 43.2. The summed E-state index contributed by atoms with van der Waals surface area (Å²) in [5.41, 5.74) is 0. The molecule has 0 radical (unpaired) electrons. The first kappa shape index (κ1) is 85.5. The van der Waals surface area contributed by atoms with Crippen LogP contribution in [0.3, 0.4) is 0 Å². The normalized spacial score (nSPS) is 14.8. The molecular weight excluding hydrogens is 1170 g/mol.